The molecule has 16 heavy (non-hydrogen) atoms. The average molecular weight is 237 g/mol. The molecule has 0 fully saturated rings. The van der Waals surface area contributed by atoms with Crippen molar-refractivity contribution in [1.82, 2.24) is 4.98 Å². The van der Waals surface area contributed by atoms with Gasteiger partial charge in [-0.15, -0.1) is 0 Å². The third kappa shape index (κ3) is 4.40. The second-order valence-corrected chi connectivity index (χ2v) is 4.47. The van der Waals surface area contributed by atoms with Crippen LogP contribution in [0.5, 0.6) is 0 Å². The summed E-state index contributed by atoms with van der Waals surface area (Å²) < 4.78 is 0. The zero-order chi connectivity index (χ0) is 12.6. The molecule has 0 aliphatic heterocycles. The molecular weight excluding hydrogens is 214 g/mol. The van der Waals surface area contributed by atoms with Crippen LogP contribution in [0.2, 0.25) is 0 Å². The zero-order valence-electron chi connectivity index (χ0n) is 11.1. The van der Waals surface area contributed by atoms with Crippen molar-refractivity contribution < 1.29 is 0 Å². The maximum atomic E-state index is 4.31. The molecule has 90 valence electrons. The molecule has 1 aromatic rings. The summed E-state index contributed by atoms with van der Waals surface area (Å²) >= 11 is 1.66. The molecule has 0 aromatic carbocycles. The summed E-state index contributed by atoms with van der Waals surface area (Å²) in [6, 6.07) is 2.18. The summed E-state index contributed by atoms with van der Waals surface area (Å²) in [5, 5.41) is 1.86. The van der Waals surface area contributed by atoms with Gasteiger partial charge in [0, 0.05) is 16.8 Å². The zero-order valence-corrected chi connectivity index (χ0v) is 11.9. The maximum absolute atomic E-state index is 4.31. The molecule has 2 heteroatoms. The second kappa shape index (κ2) is 8.40. The fourth-order valence-corrected chi connectivity index (χ4v) is 2.05. The Morgan fingerprint density at radius 1 is 1.50 bits per heavy atom. The van der Waals surface area contributed by atoms with Gasteiger partial charge in [-0.25, -0.2) is 0 Å². The monoisotopic (exact) mass is 237 g/mol. The minimum absolute atomic E-state index is 0.596. The van der Waals surface area contributed by atoms with Gasteiger partial charge in [0.15, 0.2) is 0 Å². The van der Waals surface area contributed by atoms with E-state index >= 15 is 0 Å². The van der Waals surface area contributed by atoms with Gasteiger partial charge in [-0.1, -0.05) is 46.0 Å². The number of rotatable bonds is 4. The highest BCUT2D eigenvalue weighted by Gasteiger charge is 2.09. The van der Waals surface area contributed by atoms with Gasteiger partial charge >= 0.3 is 0 Å². The number of aromatic nitrogens is 1. The number of pyridine rings is 1. The Balaban J connectivity index is 0.00000106. The van der Waals surface area contributed by atoms with Gasteiger partial charge in [-0.05, 0) is 36.3 Å². The molecule has 1 unspecified atom stereocenters. The van der Waals surface area contributed by atoms with Crippen molar-refractivity contribution in [3.8, 4) is 0 Å². The SMILES string of the molecule is C=CSc1cnc(C)cc1C(C)CC.CC. The molecule has 0 saturated heterocycles. The number of aryl methyl sites for hydroxylation is 1. The molecular formula is C14H23NS. The van der Waals surface area contributed by atoms with E-state index in [4.69, 9.17) is 0 Å². The van der Waals surface area contributed by atoms with E-state index in [2.05, 4.69) is 31.5 Å². The van der Waals surface area contributed by atoms with E-state index in [1.807, 2.05) is 32.4 Å². The minimum atomic E-state index is 0.596. The molecule has 0 N–H and O–H groups in total. The van der Waals surface area contributed by atoms with Crippen LogP contribution in [0, 0.1) is 6.92 Å². The predicted molar refractivity (Wildman–Crippen MR) is 75.1 cm³/mol. The highest BCUT2D eigenvalue weighted by atomic mass is 32.2. The summed E-state index contributed by atoms with van der Waals surface area (Å²) in [4.78, 5) is 5.54. The topological polar surface area (TPSA) is 12.9 Å². The molecule has 0 saturated carbocycles. The van der Waals surface area contributed by atoms with Crippen molar-refractivity contribution in [3.63, 3.8) is 0 Å². The summed E-state index contributed by atoms with van der Waals surface area (Å²) in [5.74, 6) is 0.596. The van der Waals surface area contributed by atoms with E-state index < -0.39 is 0 Å². The van der Waals surface area contributed by atoms with Crippen LogP contribution < -0.4 is 0 Å². The Hall–Kier alpha value is -0.760. The molecule has 0 bridgehead atoms. The Labute approximate surface area is 104 Å². The van der Waals surface area contributed by atoms with E-state index in [-0.39, 0.29) is 0 Å². The first-order valence-electron chi connectivity index (χ1n) is 5.93. The third-order valence-corrected chi connectivity index (χ3v) is 3.15. The normalized spacial score (nSPS) is 11.3. The van der Waals surface area contributed by atoms with Gasteiger partial charge in [-0.2, -0.15) is 0 Å². The van der Waals surface area contributed by atoms with Gasteiger partial charge in [0.25, 0.3) is 0 Å². The van der Waals surface area contributed by atoms with Crippen LogP contribution in [-0.2, 0) is 0 Å². The van der Waals surface area contributed by atoms with Gasteiger partial charge in [0.05, 0.1) is 0 Å². The fraction of sp³-hybridized carbons (Fsp3) is 0.500. The number of hydrogen-bond acceptors (Lipinski definition) is 2. The van der Waals surface area contributed by atoms with E-state index in [9.17, 15) is 0 Å². The highest BCUT2D eigenvalue weighted by Crippen LogP contribution is 2.30. The van der Waals surface area contributed by atoms with Crippen LogP contribution in [0.25, 0.3) is 0 Å². The Morgan fingerprint density at radius 2 is 2.12 bits per heavy atom. The van der Waals surface area contributed by atoms with Crippen molar-refractivity contribution >= 4 is 11.8 Å². The van der Waals surface area contributed by atoms with Crippen LogP contribution >= 0.6 is 11.8 Å². The van der Waals surface area contributed by atoms with E-state index in [0.717, 1.165) is 12.1 Å². The summed E-state index contributed by atoms with van der Waals surface area (Å²) in [6.07, 6.45) is 3.11. The van der Waals surface area contributed by atoms with E-state index in [1.165, 1.54) is 10.5 Å². The van der Waals surface area contributed by atoms with Gasteiger partial charge < -0.3 is 0 Å². The first-order chi connectivity index (χ1) is 7.69. The molecule has 0 amide bonds. The Bertz CT molecular complexity index is 321. The largest absolute Gasteiger partial charge is 0.260 e. The van der Waals surface area contributed by atoms with Gasteiger partial charge in [-0.3, -0.25) is 4.98 Å². The third-order valence-electron chi connectivity index (χ3n) is 2.39. The summed E-state index contributed by atoms with van der Waals surface area (Å²) in [5.41, 5.74) is 2.48. The minimum Gasteiger partial charge on any atom is -0.260 e. The van der Waals surface area contributed by atoms with Crippen molar-refractivity contribution in [2.24, 2.45) is 0 Å². The predicted octanol–water partition coefficient (Wildman–Crippen LogP) is 5.17. The molecule has 1 heterocycles. The first-order valence-corrected chi connectivity index (χ1v) is 6.81. The number of nitrogens with zero attached hydrogens (tertiary/aromatic N) is 1. The molecule has 1 atom stereocenters. The number of thioether (sulfide) groups is 1. The van der Waals surface area contributed by atoms with Crippen LogP contribution in [0.15, 0.2) is 29.1 Å². The van der Waals surface area contributed by atoms with E-state index in [1.54, 1.807) is 11.8 Å². The van der Waals surface area contributed by atoms with Crippen molar-refractivity contribution in [2.75, 3.05) is 0 Å². The standard InChI is InChI=1S/C12H17NS.C2H6/c1-5-9(3)11-7-10(4)13-8-12(11)14-6-2;1-2/h6-9H,2,5H2,1,3-4H3;1-2H3. The highest BCUT2D eigenvalue weighted by molar-refractivity contribution is 8.02. The Kier molecular flexibility index (Phi) is 8.00. The molecule has 1 aromatic heterocycles. The van der Waals surface area contributed by atoms with Crippen LogP contribution in [0.1, 0.15) is 51.3 Å². The van der Waals surface area contributed by atoms with Crippen LogP contribution in [-0.4, -0.2) is 4.98 Å². The summed E-state index contributed by atoms with van der Waals surface area (Å²) in [7, 11) is 0. The average Bonchev–Trinajstić information content (AvgIpc) is 2.33. The lowest BCUT2D eigenvalue weighted by atomic mass is 9.99. The smallest absolute Gasteiger partial charge is 0.0413 e. The lowest BCUT2D eigenvalue weighted by molar-refractivity contribution is 0.715. The molecule has 0 aliphatic rings. The quantitative estimate of drug-likeness (QED) is 0.670. The molecule has 1 nitrogen and oxygen atoms in total. The van der Waals surface area contributed by atoms with Crippen molar-refractivity contribution in [2.45, 2.75) is 51.9 Å². The maximum Gasteiger partial charge on any atom is 0.0413 e. The van der Waals surface area contributed by atoms with Gasteiger partial charge in [0.1, 0.15) is 0 Å². The summed E-state index contributed by atoms with van der Waals surface area (Å²) in [6.45, 7) is 14.2. The number of hydrogen-bond donors (Lipinski definition) is 0. The fourth-order valence-electron chi connectivity index (χ4n) is 1.36. The van der Waals surface area contributed by atoms with Crippen molar-refractivity contribution in [1.29, 1.82) is 0 Å². The molecule has 0 radical (unpaired) electrons. The Morgan fingerprint density at radius 3 is 2.62 bits per heavy atom. The van der Waals surface area contributed by atoms with E-state index in [0.29, 0.717) is 5.92 Å². The second-order valence-electron chi connectivity index (χ2n) is 3.46. The lowest BCUT2D eigenvalue weighted by Gasteiger charge is -2.13. The lowest BCUT2D eigenvalue weighted by Crippen LogP contribution is -1.96. The van der Waals surface area contributed by atoms with Crippen molar-refractivity contribution in [3.05, 3.63) is 35.5 Å². The molecule has 0 aliphatic carbocycles. The van der Waals surface area contributed by atoms with Gasteiger partial charge in [0.2, 0.25) is 0 Å². The van der Waals surface area contributed by atoms with Crippen LogP contribution in [0.4, 0.5) is 0 Å². The molecule has 1 rings (SSSR count). The molecule has 0 spiro atoms. The first kappa shape index (κ1) is 15.2. The van der Waals surface area contributed by atoms with Crippen LogP contribution in [0.3, 0.4) is 0 Å².